The number of rotatable bonds is 11. The van der Waals surface area contributed by atoms with Crippen molar-refractivity contribution < 1.29 is 9.59 Å². The first-order valence-electron chi connectivity index (χ1n) is 10.6. The first-order valence-corrected chi connectivity index (χ1v) is 12.7. The van der Waals surface area contributed by atoms with Gasteiger partial charge < -0.3 is 10.2 Å². The van der Waals surface area contributed by atoms with Crippen LogP contribution in [0.1, 0.15) is 39.2 Å². The van der Waals surface area contributed by atoms with E-state index in [4.69, 9.17) is 34.8 Å². The summed E-state index contributed by atoms with van der Waals surface area (Å²) in [6.07, 6.45) is 1.03. The van der Waals surface area contributed by atoms with E-state index in [-0.39, 0.29) is 18.4 Å². The molecule has 0 aromatic heterocycles. The van der Waals surface area contributed by atoms with E-state index in [9.17, 15) is 9.59 Å². The molecule has 1 atom stereocenters. The molecule has 1 N–H and O–H groups in total. The largest absolute Gasteiger partial charge is 0.354 e. The Morgan fingerprint density at radius 3 is 2.28 bits per heavy atom. The molecule has 0 bridgehead atoms. The predicted octanol–water partition coefficient (Wildman–Crippen LogP) is 6.71. The van der Waals surface area contributed by atoms with E-state index < -0.39 is 6.04 Å². The van der Waals surface area contributed by atoms with E-state index in [1.807, 2.05) is 38.1 Å². The van der Waals surface area contributed by atoms with E-state index in [1.54, 1.807) is 41.8 Å². The highest BCUT2D eigenvalue weighted by atomic mass is 35.5. The highest BCUT2D eigenvalue weighted by molar-refractivity contribution is 7.99. The Morgan fingerprint density at radius 1 is 1.00 bits per heavy atom. The second-order valence-corrected chi connectivity index (χ2v) is 10.4. The van der Waals surface area contributed by atoms with Crippen LogP contribution in [0.4, 0.5) is 0 Å². The maximum absolute atomic E-state index is 13.1. The Morgan fingerprint density at radius 2 is 1.66 bits per heavy atom. The van der Waals surface area contributed by atoms with Gasteiger partial charge in [-0.25, -0.2) is 0 Å². The Bertz CT molecular complexity index is 907. The van der Waals surface area contributed by atoms with Crippen LogP contribution < -0.4 is 5.32 Å². The van der Waals surface area contributed by atoms with Gasteiger partial charge in [-0.1, -0.05) is 54.7 Å². The van der Waals surface area contributed by atoms with Crippen LogP contribution >= 0.6 is 46.6 Å². The summed E-state index contributed by atoms with van der Waals surface area (Å²) in [6, 6.07) is 12.2. The first-order chi connectivity index (χ1) is 15.2. The van der Waals surface area contributed by atoms with Crippen LogP contribution in [-0.2, 0) is 16.1 Å². The van der Waals surface area contributed by atoms with Crippen LogP contribution in [0.2, 0.25) is 15.1 Å². The minimum Gasteiger partial charge on any atom is -0.354 e. The lowest BCUT2D eigenvalue weighted by Crippen LogP contribution is -2.48. The van der Waals surface area contributed by atoms with Crippen molar-refractivity contribution in [3.8, 4) is 0 Å². The quantitative estimate of drug-likeness (QED) is 0.267. The van der Waals surface area contributed by atoms with Crippen molar-refractivity contribution in [2.75, 3.05) is 12.3 Å². The monoisotopic (exact) mass is 514 g/mol. The van der Waals surface area contributed by atoms with Crippen molar-refractivity contribution in [2.45, 2.75) is 51.1 Å². The van der Waals surface area contributed by atoms with Gasteiger partial charge in [0.25, 0.3) is 0 Å². The molecular formula is C24H29Cl3N2O2S. The molecule has 174 valence electrons. The summed E-state index contributed by atoms with van der Waals surface area (Å²) in [6.45, 7) is 6.61. The third kappa shape index (κ3) is 8.86. The van der Waals surface area contributed by atoms with E-state index in [0.29, 0.717) is 40.4 Å². The summed E-state index contributed by atoms with van der Waals surface area (Å²) in [5, 5.41) is 4.62. The van der Waals surface area contributed by atoms with Gasteiger partial charge in [0.15, 0.2) is 0 Å². The van der Waals surface area contributed by atoms with Crippen LogP contribution in [-0.4, -0.2) is 35.1 Å². The van der Waals surface area contributed by atoms with Gasteiger partial charge in [-0.15, -0.1) is 11.8 Å². The summed E-state index contributed by atoms with van der Waals surface area (Å²) in [5.41, 5.74) is 0.753. The van der Waals surface area contributed by atoms with E-state index in [2.05, 4.69) is 5.32 Å². The fourth-order valence-corrected chi connectivity index (χ4v) is 4.40. The molecule has 2 aromatic carbocycles. The third-order valence-electron chi connectivity index (χ3n) is 4.82. The molecule has 0 heterocycles. The molecule has 0 aliphatic carbocycles. The second kappa shape index (κ2) is 13.3. The Balaban J connectivity index is 2.03. The topological polar surface area (TPSA) is 49.4 Å². The molecule has 1 unspecified atom stereocenters. The van der Waals surface area contributed by atoms with Crippen LogP contribution in [0.5, 0.6) is 0 Å². The number of amides is 2. The molecule has 0 radical (unpaired) electrons. The summed E-state index contributed by atoms with van der Waals surface area (Å²) >= 11 is 19.9. The number of nitrogens with one attached hydrogen (secondary N) is 1. The zero-order valence-corrected chi connectivity index (χ0v) is 21.6. The van der Waals surface area contributed by atoms with Gasteiger partial charge in [-0.3, -0.25) is 9.59 Å². The number of nitrogens with zero attached hydrogens (tertiary/aromatic N) is 1. The molecule has 2 aromatic rings. The smallest absolute Gasteiger partial charge is 0.242 e. The van der Waals surface area contributed by atoms with Crippen LogP contribution in [0, 0.1) is 5.92 Å². The van der Waals surface area contributed by atoms with Crippen LogP contribution in [0.25, 0.3) is 0 Å². The minimum atomic E-state index is -0.614. The molecule has 32 heavy (non-hydrogen) atoms. The van der Waals surface area contributed by atoms with Crippen LogP contribution in [0.15, 0.2) is 47.4 Å². The molecule has 0 saturated heterocycles. The summed E-state index contributed by atoms with van der Waals surface area (Å²) in [7, 11) is 0. The summed E-state index contributed by atoms with van der Waals surface area (Å²) in [5.74, 6) is 0.857. The van der Waals surface area contributed by atoms with Gasteiger partial charge in [0, 0.05) is 39.5 Å². The molecule has 0 fully saturated rings. The average molecular weight is 516 g/mol. The lowest BCUT2D eigenvalue weighted by atomic mass is 10.1. The van der Waals surface area contributed by atoms with Gasteiger partial charge in [0.05, 0.1) is 0 Å². The number of hydrogen-bond donors (Lipinski definition) is 1. The fraction of sp³-hybridized carbons (Fsp3) is 0.417. The van der Waals surface area contributed by atoms with Gasteiger partial charge in [0.1, 0.15) is 6.04 Å². The van der Waals surface area contributed by atoms with Gasteiger partial charge >= 0.3 is 0 Å². The SMILES string of the molecule is CC(C)CNC(=O)C(C)N(Cc1ccc(Cl)cc1Cl)C(=O)CCCSc1ccc(Cl)cc1. The number of halogens is 3. The minimum absolute atomic E-state index is 0.0834. The Kier molecular flexibility index (Phi) is 11.2. The summed E-state index contributed by atoms with van der Waals surface area (Å²) < 4.78 is 0. The van der Waals surface area contributed by atoms with Crippen molar-refractivity contribution >= 4 is 58.4 Å². The number of benzene rings is 2. The third-order valence-corrected chi connectivity index (χ3v) is 6.76. The van der Waals surface area contributed by atoms with E-state index >= 15 is 0 Å². The van der Waals surface area contributed by atoms with Crippen molar-refractivity contribution in [1.82, 2.24) is 10.2 Å². The normalized spacial score (nSPS) is 12.0. The van der Waals surface area contributed by atoms with E-state index in [0.717, 1.165) is 16.2 Å². The Hall–Kier alpha value is -1.40. The zero-order valence-electron chi connectivity index (χ0n) is 18.5. The van der Waals surface area contributed by atoms with Gasteiger partial charge in [-0.2, -0.15) is 0 Å². The highest BCUT2D eigenvalue weighted by Crippen LogP contribution is 2.25. The Labute approximate surface area is 210 Å². The van der Waals surface area contributed by atoms with E-state index in [1.165, 1.54) is 0 Å². The van der Waals surface area contributed by atoms with Gasteiger partial charge in [-0.05, 0) is 67.0 Å². The maximum Gasteiger partial charge on any atom is 0.242 e. The van der Waals surface area contributed by atoms with Crippen molar-refractivity contribution in [2.24, 2.45) is 5.92 Å². The lowest BCUT2D eigenvalue weighted by Gasteiger charge is -2.29. The van der Waals surface area contributed by atoms with Gasteiger partial charge in [0.2, 0.25) is 11.8 Å². The molecule has 2 rings (SSSR count). The van der Waals surface area contributed by atoms with Crippen molar-refractivity contribution in [3.05, 3.63) is 63.1 Å². The maximum atomic E-state index is 13.1. The molecule has 2 amide bonds. The number of carbonyl (C=O) groups excluding carboxylic acids is 2. The molecule has 0 spiro atoms. The molecule has 0 aliphatic heterocycles. The number of hydrogen-bond acceptors (Lipinski definition) is 3. The van der Waals surface area contributed by atoms with Crippen molar-refractivity contribution in [1.29, 1.82) is 0 Å². The number of thioether (sulfide) groups is 1. The predicted molar refractivity (Wildman–Crippen MR) is 136 cm³/mol. The van der Waals surface area contributed by atoms with Crippen molar-refractivity contribution in [3.63, 3.8) is 0 Å². The first kappa shape index (κ1) is 26.8. The highest BCUT2D eigenvalue weighted by Gasteiger charge is 2.26. The molecule has 8 heteroatoms. The lowest BCUT2D eigenvalue weighted by molar-refractivity contribution is -0.140. The number of carbonyl (C=O) groups is 2. The molecular weight excluding hydrogens is 487 g/mol. The average Bonchev–Trinajstić information content (AvgIpc) is 2.75. The molecule has 0 saturated carbocycles. The molecule has 0 aliphatic rings. The molecule has 4 nitrogen and oxygen atoms in total. The van der Waals surface area contributed by atoms with Crippen LogP contribution in [0.3, 0.4) is 0 Å². The zero-order chi connectivity index (χ0) is 23.7. The second-order valence-electron chi connectivity index (χ2n) is 7.98. The fourth-order valence-electron chi connectivity index (χ4n) is 2.96. The standard InChI is InChI=1S/C24H29Cl3N2O2S/c1-16(2)14-28-24(31)17(3)29(15-18-6-7-20(26)13-22(18)27)23(30)5-4-12-32-21-10-8-19(25)9-11-21/h6-11,13,16-17H,4-5,12,14-15H2,1-3H3,(H,28,31). The summed E-state index contributed by atoms with van der Waals surface area (Å²) in [4.78, 5) is 28.5.